The highest BCUT2D eigenvalue weighted by molar-refractivity contribution is 5.71. The van der Waals surface area contributed by atoms with Gasteiger partial charge in [0.25, 0.3) is 0 Å². The molecule has 0 saturated heterocycles. The molecule has 0 fully saturated rings. The van der Waals surface area contributed by atoms with E-state index < -0.39 is 5.95 Å². The topological polar surface area (TPSA) is 63.4 Å². The second-order valence-electron chi connectivity index (χ2n) is 7.85. The molecule has 0 spiro atoms. The fourth-order valence-electron chi connectivity index (χ4n) is 4.29. The van der Waals surface area contributed by atoms with E-state index in [9.17, 15) is 9.50 Å². The Morgan fingerprint density at radius 2 is 2.10 bits per heavy atom. The largest absolute Gasteiger partial charge is 0.507 e. The zero-order valence-corrected chi connectivity index (χ0v) is 16.8. The third-order valence-corrected chi connectivity index (χ3v) is 5.70. The molecule has 0 saturated carbocycles. The van der Waals surface area contributed by atoms with E-state index in [0.29, 0.717) is 25.3 Å². The van der Waals surface area contributed by atoms with Crippen LogP contribution in [0.2, 0.25) is 0 Å². The molecule has 2 aromatic heterocycles. The summed E-state index contributed by atoms with van der Waals surface area (Å²) in [5.41, 5.74) is 6.17. The molecule has 3 aromatic rings. The van der Waals surface area contributed by atoms with Gasteiger partial charge in [0.2, 0.25) is 5.95 Å². The van der Waals surface area contributed by atoms with Crippen molar-refractivity contribution in [2.45, 2.75) is 26.1 Å². The van der Waals surface area contributed by atoms with Crippen LogP contribution in [0.4, 0.5) is 4.39 Å². The highest BCUT2D eigenvalue weighted by atomic mass is 19.1. The quantitative estimate of drug-likeness (QED) is 0.671. The van der Waals surface area contributed by atoms with Crippen molar-refractivity contribution < 1.29 is 14.2 Å². The van der Waals surface area contributed by atoms with Crippen LogP contribution >= 0.6 is 0 Å². The van der Waals surface area contributed by atoms with Crippen LogP contribution in [0.25, 0.3) is 16.8 Å². The van der Waals surface area contributed by atoms with Gasteiger partial charge in [-0.2, -0.15) is 9.49 Å². The van der Waals surface area contributed by atoms with Crippen molar-refractivity contribution in [3.8, 4) is 17.0 Å². The smallest absolute Gasteiger partial charge is 0.222 e. The molecule has 1 N–H and O–H groups in total. The molecule has 0 bridgehead atoms. The van der Waals surface area contributed by atoms with E-state index in [1.54, 1.807) is 18.2 Å². The lowest BCUT2D eigenvalue weighted by Gasteiger charge is -2.17. The number of rotatable bonds is 4. The number of hydrogen-bond donors (Lipinski definition) is 1. The van der Waals surface area contributed by atoms with Gasteiger partial charge in [0.05, 0.1) is 36.7 Å². The van der Waals surface area contributed by atoms with Crippen LogP contribution in [0.1, 0.15) is 28.8 Å². The third-order valence-electron chi connectivity index (χ3n) is 5.70. The highest BCUT2D eigenvalue weighted by Crippen LogP contribution is 2.35. The molecule has 2 aliphatic rings. The van der Waals surface area contributed by atoms with Gasteiger partial charge in [0, 0.05) is 30.4 Å². The van der Waals surface area contributed by atoms with E-state index >= 15 is 0 Å². The molecule has 0 aliphatic carbocycles. The van der Waals surface area contributed by atoms with Gasteiger partial charge in [-0.1, -0.05) is 12.1 Å². The molecule has 6 nitrogen and oxygen atoms in total. The van der Waals surface area contributed by atoms with Crippen LogP contribution in [-0.4, -0.2) is 45.0 Å². The Kier molecular flexibility index (Phi) is 4.84. The van der Waals surface area contributed by atoms with E-state index in [-0.39, 0.29) is 5.75 Å². The zero-order valence-electron chi connectivity index (χ0n) is 16.8. The molecule has 5 rings (SSSR count). The second-order valence-corrected chi connectivity index (χ2v) is 7.85. The first kappa shape index (κ1) is 19.0. The first-order chi connectivity index (χ1) is 14.6. The fraction of sp³-hybridized carbons (Fsp3) is 0.304. The molecule has 1 aromatic carbocycles. The van der Waals surface area contributed by atoms with Gasteiger partial charge in [0.15, 0.2) is 0 Å². The van der Waals surface area contributed by atoms with E-state index in [1.807, 2.05) is 29.9 Å². The number of phenolic OH excluding ortho intramolecular Hbond substituents is 1. The predicted octanol–water partition coefficient (Wildman–Crippen LogP) is 3.59. The summed E-state index contributed by atoms with van der Waals surface area (Å²) in [7, 11) is 2.03. The number of ether oxygens (including phenoxy) is 1. The Balaban J connectivity index is 1.56. The Hall–Kier alpha value is -3.03. The lowest BCUT2D eigenvalue weighted by Crippen LogP contribution is -2.13. The van der Waals surface area contributed by atoms with Crippen LogP contribution in [0.15, 0.2) is 42.6 Å². The lowest BCUT2D eigenvalue weighted by atomic mass is 9.98. The molecular weight excluding hydrogens is 383 g/mol. The minimum Gasteiger partial charge on any atom is -0.507 e. The Morgan fingerprint density at radius 3 is 2.90 bits per heavy atom. The Labute approximate surface area is 174 Å². The number of fused-ring (bicyclic) bond motifs is 1. The molecular formula is C23H23FN4O2. The number of pyridine rings is 1. The van der Waals surface area contributed by atoms with Gasteiger partial charge >= 0.3 is 0 Å². The second kappa shape index (κ2) is 7.66. The number of nitrogens with zero attached hydrogens (tertiary/aromatic N) is 4. The maximum absolute atomic E-state index is 14.6. The number of hydrogen-bond acceptors (Lipinski definition) is 5. The standard InChI is InChI=1S/C23H23FN4O2/c1-27-13-19-20(14-27)26-28(22(19)17-3-2-8-25-23(17)24)12-15-4-5-21(29)18(11-15)16-6-9-30-10-7-16/h2-6,8,11,29H,7,9-10,12-14H2,1H3. The van der Waals surface area contributed by atoms with E-state index in [0.717, 1.165) is 53.2 Å². The molecule has 4 heterocycles. The van der Waals surface area contributed by atoms with E-state index in [4.69, 9.17) is 9.84 Å². The van der Waals surface area contributed by atoms with Crippen molar-refractivity contribution in [1.82, 2.24) is 19.7 Å². The van der Waals surface area contributed by atoms with Crippen molar-refractivity contribution in [3.63, 3.8) is 0 Å². The Bertz CT molecular complexity index is 1140. The summed E-state index contributed by atoms with van der Waals surface area (Å²) in [6.45, 7) is 3.16. The molecule has 0 radical (unpaired) electrons. The van der Waals surface area contributed by atoms with Gasteiger partial charge in [-0.3, -0.25) is 9.58 Å². The fourth-order valence-corrected chi connectivity index (χ4v) is 4.29. The minimum absolute atomic E-state index is 0.259. The van der Waals surface area contributed by atoms with Gasteiger partial charge in [0.1, 0.15) is 5.75 Å². The average Bonchev–Trinajstić information content (AvgIpc) is 3.26. The minimum atomic E-state index is -0.491. The number of halogens is 1. The summed E-state index contributed by atoms with van der Waals surface area (Å²) in [5, 5.41) is 15.2. The van der Waals surface area contributed by atoms with E-state index in [1.165, 1.54) is 6.20 Å². The first-order valence-corrected chi connectivity index (χ1v) is 10.1. The summed E-state index contributed by atoms with van der Waals surface area (Å²) in [4.78, 5) is 6.00. The lowest BCUT2D eigenvalue weighted by molar-refractivity contribution is 0.161. The first-order valence-electron chi connectivity index (χ1n) is 10.1. The predicted molar refractivity (Wildman–Crippen MR) is 111 cm³/mol. The summed E-state index contributed by atoms with van der Waals surface area (Å²) in [6.07, 6.45) is 4.24. The van der Waals surface area contributed by atoms with E-state index in [2.05, 4.69) is 9.88 Å². The normalized spacial score (nSPS) is 16.5. The van der Waals surface area contributed by atoms with Gasteiger partial charge < -0.3 is 9.84 Å². The maximum Gasteiger partial charge on any atom is 0.222 e. The number of phenols is 1. The number of benzene rings is 1. The van der Waals surface area contributed by atoms with Crippen molar-refractivity contribution in [2.75, 3.05) is 20.3 Å². The van der Waals surface area contributed by atoms with Gasteiger partial charge in [-0.25, -0.2) is 4.98 Å². The van der Waals surface area contributed by atoms with Crippen LogP contribution in [-0.2, 0) is 24.4 Å². The van der Waals surface area contributed by atoms with Crippen LogP contribution in [0.3, 0.4) is 0 Å². The van der Waals surface area contributed by atoms with Crippen molar-refractivity contribution in [3.05, 3.63) is 70.9 Å². The maximum atomic E-state index is 14.6. The third kappa shape index (κ3) is 3.40. The van der Waals surface area contributed by atoms with Crippen molar-refractivity contribution in [1.29, 1.82) is 0 Å². The number of aromatic nitrogens is 3. The van der Waals surface area contributed by atoms with Crippen LogP contribution < -0.4 is 0 Å². The monoisotopic (exact) mass is 406 g/mol. The number of aromatic hydroxyl groups is 1. The summed E-state index contributed by atoms with van der Waals surface area (Å²) >= 11 is 0. The molecule has 0 atom stereocenters. The molecule has 0 amide bonds. The SMILES string of the molecule is CN1Cc2nn(Cc3ccc(O)c(C4=CCOCC4)c3)c(-c3cccnc3F)c2C1. The van der Waals surface area contributed by atoms with Crippen LogP contribution in [0.5, 0.6) is 5.75 Å². The Morgan fingerprint density at radius 1 is 1.20 bits per heavy atom. The molecule has 30 heavy (non-hydrogen) atoms. The molecule has 0 unspecified atom stereocenters. The molecule has 154 valence electrons. The summed E-state index contributed by atoms with van der Waals surface area (Å²) < 4.78 is 21.8. The highest BCUT2D eigenvalue weighted by Gasteiger charge is 2.28. The molecule has 2 aliphatic heterocycles. The molecule has 7 heteroatoms. The van der Waals surface area contributed by atoms with Gasteiger partial charge in [-0.05, 0) is 48.9 Å². The summed E-state index contributed by atoms with van der Waals surface area (Å²) in [5.74, 6) is -0.232. The van der Waals surface area contributed by atoms with Gasteiger partial charge in [-0.15, -0.1) is 0 Å². The van der Waals surface area contributed by atoms with Crippen molar-refractivity contribution >= 4 is 5.57 Å². The van der Waals surface area contributed by atoms with Crippen molar-refractivity contribution in [2.24, 2.45) is 0 Å². The zero-order chi connectivity index (χ0) is 20.7. The summed E-state index contributed by atoms with van der Waals surface area (Å²) in [6, 6.07) is 9.10. The average molecular weight is 406 g/mol. The van der Waals surface area contributed by atoms with Crippen LogP contribution in [0, 0.1) is 5.95 Å².